The maximum atomic E-state index is 13.9. The Bertz CT molecular complexity index is 608. The molecule has 2 aliphatic rings. The van der Waals surface area contributed by atoms with Crippen LogP contribution in [-0.2, 0) is 4.79 Å². The van der Waals surface area contributed by atoms with E-state index in [-0.39, 0.29) is 17.8 Å². The molecule has 3 rings (SSSR count). The summed E-state index contributed by atoms with van der Waals surface area (Å²) in [6.07, 6.45) is 2.32. The third-order valence-electron chi connectivity index (χ3n) is 3.54. The van der Waals surface area contributed by atoms with E-state index in [2.05, 4.69) is 11.9 Å². The number of nitrogens with one attached hydrogen (secondary N) is 1. The first-order valence-electron chi connectivity index (χ1n) is 6.62. The lowest BCUT2D eigenvalue weighted by molar-refractivity contribution is -0.114. The van der Waals surface area contributed by atoms with E-state index in [9.17, 15) is 14.0 Å². The molecule has 1 N–H and O–H groups in total. The van der Waals surface area contributed by atoms with Gasteiger partial charge >= 0.3 is 0 Å². The zero-order chi connectivity index (χ0) is 14.3. The molecular weight excluding hydrogens is 259 g/mol. The quantitative estimate of drug-likeness (QED) is 0.656. The van der Waals surface area contributed by atoms with E-state index < -0.39 is 17.5 Å². The van der Waals surface area contributed by atoms with Gasteiger partial charge in [0.25, 0.3) is 11.7 Å². The van der Waals surface area contributed by atoms with E-state index in [1.165, 1.54) is 23.1 Å². The SMILES string of the molecule is C=C(CNC1CC1)CN1C(=O)C(=O)c2cccc(F)c21. The summed E-state index contributed by atoms with van der Waals surface area (Å²) in [5.74, 6) is -1.88. The van der Waals surface area contributed by atoms with Gasteiger partial charge in [0.15, 0.2) is 0 Å². The zero-order valence-corrected chi connectivity index (χ0v) is 11.0. The number of amides is 1. The average molecular weight is 274 g/mol. The highest BCUT2D eigenvalue weighted by Gasteiger charge is 2.38. The van der Waals surface area contributed by atoms with Crippen LogP contribution in [0.2, 0.25) is 0 Å². The van der Waals surface area contributed by atoms with Gasteiger partial charge in [-0.3, -0.25) is 14.5 Å². The van der Waals surface area contributed by atoms with Gasteiger partial charge in [-0.05, 0) is 30.5 Å². The van der Waals surface area contributed by atoms with Crippen molar-refractivity contribution in [1.82, 2.24) is 5.32 Å². The number of hydrogen-bond donors (Lipinski definition) is 1. The Kier molecular flexibility index (Phi) is 3.14. The van der Waals surface area contributed by atoms with Gasteiger partial charge in [-0.25, -0.2) is 4.39 Å². The van der Waals surface area contributed by atoms with Crippen molar-refractivity contribution >= 4 is 17.4 Å². The van der Waals surface area contributed by atoms with Crippen molar-refractivity contribution in [3.63, 3.8) is 0 Å². The van der Waals surface area contributed by atoms with Gasteiger partial charge in [0.05, 0.1) is 11.3 Å². The monoisotopic (exact) mass is 274 g/mol. The maximum absolute atomic E-state index is 13.9. The van der Waals surface area contributed by atoms with Crippen molar-refractivity contribution in [1.29, 1.82) is 0 Å². The molecule has 0 atom stereocenters. The Hall–Kier alpha value is -2.01. The fourth-order valence-corrected chi connectivity index (χ4v) is 2.32. The van der Waals surface area contributed by atoms with Crippen LogP contribution < -0.4 is 10.2 Å². The van der Waals surface area contributed by atoms with Crippen LogP contribution in [-0.4, -0.2) is 30.8 Å². The molecule has 0 unspecified atom stereocenters. The number of rotatable bonds is 5. The van der Waals surface area contributed by atoms with Crippen LogP contribution in [0.15, 0.2) is 30.4 Å². The Balaban J connectivity index is 1.77. The number of para-hydroxylation sites is 1. The number of anilines is 1. The molecule has 1 saturated carbocycles. The van der Waals surface area contributed by atoms with Gasteiger partial charge in [-0.1, -0.05) is 12.6 Å². The predicted molar refractivity (Wildman–Crippen MR) is 73.2 cm³/mol. The summed E-state index contributed by atoms with van der Waals surface area (Å²) >= 11 is 0. The van der Waals surface area contributed by atoms with Crippen LogP contribution in [0.1, 0.15) is 23.2 Å². The Morgan fingerprint density at radius 2 is 2.15 bits per heavy atom. The molecule has 0 radical (unpaired) electrons. The van der Waals surface area contributed by atoms with E-state index >= 15 is 0 Å². The summed E-state index contributed by atoms with van der Waals surface area (Å²) in [5, 5.41) is 3.28. The van der Waals surface area contributed by atoms with Gasteiger partial charge in [0.1, 0.15) is 5.82 Å². The third kappa shape index (κ3) is 2.25. The molecule has 4 nitrogen and oxygen atoms in total. The van der Waals surface area contributed by atoms with E-state index in [1.54, 1.807) is 0 Å². The first-order chi connectivity index (χ1) is 9.58. The number of benzene rings is 1. The van der Waals surface area contributed by atoms with Crippen molar-refractivity contribution in [2.45, 2.75) is 18.9 Å². The minimum atomic E-state index is -0.683. The lowest BCUT2D eigenvalue weighted by Gasteiger charge is -2.18. The number of Topliss-reactive ketones (excluding diaryl/α,β-unsaturated/α-hetero) is 1. The first-order valence-corrected chi connectivity index (χ1v) is 6.62. The normalized spacial score (nSPS) is 17.6. The number of halogens is 1. The predicted octanol–water partition coefficient (Wildman–Crippen LogP) is 1.66. The first kappa shape index (κ1) is 13.0. The third-order valence-corrected chi connectivity index (χ3v) is 3.54. The number of hydrogen-bond acceptors (Lipinski definition) is 3. The lowest BCUT2D eigenvalue weighted by atomic mass is 10.1. The standard InChI is InChI=1S/C15H15FN2O2/c1-9(7-17-10-5-6-10)8-18-13-11(14(19)15(18)20)3-2-4-12(13)16/h2-4,10,17H,1,5-8H2. The van der Waals surface area contributed by atoms with Gasteiger partial charge in [-0.2, -0.15) is 0 Å². The highest BCUT2D eigenvalue weighted by molar-refractivity contribution is 6.52. The Labute approximate surface area is 116 Å². The highest BCUT2D eigenvalue weighted by Crippen LogP contribution is 2.32. The van der Waals surface area contributed by atoms with Crippen molar-refractivity contribution in [3.05, 3.63) is 41.7 Å². The molecule has 1 aromatic rings. The molecule has 0 bridgehead atoms. The maximum Gasteiger partial charge on any atom is 0.299 e. The second-order valence-corrected chi connectivity index (χ2v) is 5.26. The molecule has 0 saturated heterocycles. The summed E-state index contributed by atoms with van der Waals surface area (Å²) in [5.41, 5.74) is 0.974. The van der Waals surface area contributed by atoms with Gasteiger partial charge < -0.3 is 5.32 Å². The molecule has 1 fully saturated rings. The van der Waals surface area contributed by atoms with E-state index in [0.29, 0.717) is 12.6 Å². The molecule has 20 heavy (non-hydrogen) atoms. The second-order valence-electron chi connectivity index (χ2n) is 5.26. The minimum Gasteiger partial charge on any atom is -0.310 e. The van der Waals surface area contributed by atoms with Crippen LogP contribution in [0.5, 0.6) is 0 Å². The molecule has 0 aromatic heterocycles. The van der Waals surface area contributed by atoms with Crippen LogP contribution in [0, 0.1) is 5.82 Å². The summed E-state index contributed by atoms with van der Waals surface area (Å²) in [6.45, 7) is 4.63. The topological polar surface area (TPSA) is 49.4 Å². The molecule has 1 heterocycles. The Morgan fingerprint density at radius 1 is 1.40 bits per heavy atom. The molecule has 1 aliphatic heterocycles. The largest absolute Gasteiger partial charge is 0.310 e. The molecule has 1 aromatic carbocycles. The van der Waals surface area contributed by atoms with Crippen molar-refractivity contribution < 1.29 is 14.0 Å². The van der Waals surface area contributed by atoms with E-state index in [4.69, 9.17) is 0 Å². The van der Waals surface area contributed by atoms with Gasteiger partial charge in [0, 0.05) is 19.1 Å². The van der Waals surface area contributed by atoms with E-state index in [0.717, 1.165) is 18.4 Å². The lowest BCUT2D eigenvalue weighted by Crippen LogP contribution is -2.34. The van der Waals surface area contributed by atoms with Gasteiger partial charge in [0.2, 0.25) is 0 Å². The number of carbonyl (C=O) groups excluding carboxylic acids is 2. The zero-order valence-electron chi connectivity index (χ0n) is 11.0. The summed E-state index contributed by atoms with van der Waals surface area (Å²) < 4.78 is 13.9. The minimum absolute atomic E-state index is 0.0788. The Morgan fingerprint density at radius 3 is 2.85 bits per heavy atom. The van der Waals surface area contributed by atoms with E-state index in [1.807, 2.05) is 0 Å². The van der Waals surface area contributed by atoms with Crippen LogP contribution in [0.3, 0.4) is 0 Å². The van der Waals surface area contributed by atoms with Crippen LogP contribution >= 0.6 is 0 Å². The summed E-state index contributed by atoms with van der Waals surface area (Å²) in [7, 11) is 0. The van der Waals surface area contributed by atoms with Crippen LogP contribution in [0.25, 0.3) is 0 Å². The average Bonchev–Trinajstić information content (AvgIpc) is 3.22. The molecule has 1 amide bonds. The summed E-state index contributed by atoms with van der Waals surface area (Å²) in [6, 6.07) is 4.70. The molecule has 104 valence electrons. The number of nitrogens with zero attached hydrogens (tertiary/aromatic N) is 1. The molecule has 5 heteroatoms. The summed E-state index contributed by atoms with van der Waals surface area (Å²) in [4.78, 5) is 24.9. The fourth-order valence-electron chi connectivity index (χ4n) is 2.32. The highest BCUT2D eigenvalue weighted by atomic mass is 19.1. The van der Waals surface area contributed by atoms with Crippen LogP contribution in [0.4, 0.5) is 10.1 Å². The van der Waals surface area contributed by atoms with Gasteiger partial charge in [-0.15, -0.1) is 0 Å². The number of ketones is 1. The van der Waals surface area contributed by atoms with Crippen molar-refractivity contribution in [2.24, 2.45) is 0 Å². The smallest absolute Gasteiger partial charge is 0.299 e. The molecular formula is C15H15FN2O2. The molecule has 0 spiro atoms. The molecule has 1 aliphatic carbocycles. The second kappa shape index (κ2) is 4.83. The fraction of sp³-hybridized carbons (Fsp3) is 0.333. The number of carbonyl (C=O) groups is 2. The van der Waals surface area contributed by atoms with Crippen molar-refractivity contribution in [2.75, 3.05) is 18.0 Å². The number of fused-ring (bicyclic) bond motifs is 1. The van der Waals surface area contributed by atoms with Crippen molar-refractivity contribution in [3.8, 4) is 0 Å².